The molecule has 2 aliphatic carbocycles. The molecule has 0 aromatic carbocycles. The summed E-state index contributed by atoms with van der Waals surface area (Å²) in [4.78, 5) is 29.5. The first-order valence-electron chi connectivity index (χ1n) is 9.88. The number of hydrogen-bond donors (Lipinski definition) is 3. The van der Waals surface area contributed by atoms with Gasteiger partial charge in [0.05, 0.1) is 6.61 Å². The Bertz CT molecular complexity index is 844. The van der Waals surface area contributed by atoms with Crippen molar-refractivity contribution in [2.24, 2.45) is 11.7 Å². The summed E-state index contributed by atoms with van der Waals surface area (Å²) in [5, 5.41) is 9.33. The van der Waals surface area contributed by atoms with Crippen LogP contribution in [-0.2, 0) is 11.8 Å². The van der Waals surface area contributed by atoms with E-state index in [1.807, 2.05) is 0 Å². The fourth-order valence-corrected chi connectivity index (χ4v) is 5.03. The van der Waals surface area contributed by atoms with E-state index in [2.05, 4.69) is 9.88 Å². The molecule has 2 heterocycles. The molecule has 3 aliphatic rings. The zero-order valence-corrected chi connectivity index (χ0v) is 15.9. The molecule has 4 rings (SSSR count). The number of nitrogens with one attached hydrogen (secondary N) is 1. The first kappa shape index (κ1) is 18.8. The normalized spacial score (nSPS) is 31.7. The SMILES string of the molecule is CC1(C)c2c(n(C3CC3)c(=O)[nH]c2=O)CC(N2CCC(C(N)CO)C2)C1F. The fourth-order valence-electron chi connectivity index (χ4n) is 5.03. The van der Waals surface area contributed by atoms with Crippen molar-refractivity contribution in [2.45, 2.75) is 69.2 Å². The minimum absolute atomic E-state index is 0.0762. The predicted molar refractivity (Wildman–Crippen MR) is 99.7 cm³/mol. The van der Waals surface area contributed by atoms with Crippen LogP contribution in [0.5, 0.6) is 0 Å². The molecule has 8 heteroatoms. The number of aliphatic hydroxyl groups excluding tert-OH is 1. The third-order valence-electron chi connectivity index (χ3n) is 6.77. The highest BCUT2D eigenvalue weighted by molar-refractivity contribution is 5.34. The maximum atomic E-state index is 15.6. The molecule has 1 saturated carbocycles. The van der Waals surface area contributed by atoms with Crippen molar-refractivity contribution in [1.82, 2.24) is 14.5 Å². The van der Waals surface area contributed by atoms with Gasteiger partial charge in [0.2, 0.25) is 0 Å². The standard InChI is InChI=1S/C19H29FN4O3/c1-19(2)15-13(24(11-3-4-11)18(27)22-17(15)26)7-14(16(19)20)23-6-5-10(8-23)12(21)9-25/h10-12,14,16,25H,3-9,21H2,1-2H3,(H,22,26,27). The molecule has 0 amide bonds. The van der Waals surface area contributed by atoms with Gasteiger partial charge in [-0.05, 0) is 31.7 Å². The summed E-state index contributed by atoms with van der Waals surface area (Å²) in [5.74, 6) is 0.136. The van der Waals surface area contributed by atoms with Crippen LogP contribution < -0.4 is 17.0 Å². The lowest BCUT2D eigenvalue weighted by atomic mass is 9.70. The molecule has 0 bridgehead atoms. The topological polar surface area (TPSA) is 104 Å². The molecule has 1 aliphatic heterocycles. The van der Waals surface area contributed by atoms with Crippen LogP contribution in [0.3, 0.4) is 0 Å². The second kappa shape index (κ2) is 6.53. The first-order valence-corrected chi connectivity index (χ1v) is 9.88. The van der Waals surface area contributed by atoms with Crippen LogP contribution in [0.4, 0.5) is 4.39 Å². The van der Waals surface area contributed by atoms with E-state index < -0.39 is 23.2 Å². The maximum Gasteiger partial charge on any atom is 0.328 e. The van der Waals surface area contributed by atoms with Crippen molar-refractivity contribution < 1.29 is 9.50 Å². The number of fused-ring (bicyclic) bond motifs is 1. The number of nitrogens with zero attached hydrogens (tertiary/aromatic N) is 2. The molecular weight excluding hydrogens is 351 g/mol. The van der Waals surface area contributed by atoms with E-state index in [9.17, 15) is 14.7 Å². The van der Waals surface area contributed by atoms with Gasteiger partial charge in [-0.25, -0.2) is 9.18 Å². The highest BCUT2D eigenvalue weighted by Gasteiger charge is 2.50. The van der Waals surface area contributed by atoms with Crippen LogP contribution in [-0.4, -0.2) is 57.5 Å². The number of rotatable bonds is 4. The predicted octanol–water partition coefficient (Wildman–Crippen LogP) is 0.0534. The monoisotopic (exact) mass is 380 g/mol. The molecule has 2 fully saturated rings. The average molecular weight is 380 g/mol. The van der Waals surface area contributed by atoms with Gasteiger partial charge in [0, 0.05) is 47.8 Å². The molecule has 4 N–H and O–H groups in total. The Balaban J connectivity index is 1.73. The van der Waals surface area contributed by atoms with Crippen molar-refractivity contribution in [3.05, 3.63) is 32.1 Å². The lowest BCUT2D eigenvalue weighted by Gasteiger charge is -2.44. The Hall–Kier alpha value is -1.51. The van der Waals surface area contributed by atoms with Crippen LogP contribution >= 0.6 is 0 Å². The zero-order chi connectivity index (χ0) is 19.5. The number of aliphatic hydroxyl groups is 1. The van der Waals surface area contributed by atoms with Gasteiger partial charge < -0.3 is 10.8 Å². The number of aromatic nitrogens is 2. The van der Waals surface area contributed by atoms with Crippen LogP contribution in [0.1, 0.15) is 50.4 Å². The number of H-pyrrole nitrogens is 1. The van der Waals surface area contributed by atoms with Crippen LogP contribution in [0.2, 0.25) is 0 Å². The Labute approximate surface area is 157 Å². The largest absolute Gasteiger partial charge is 0.395 e. The van der Waals surface area contributed by atoms with Crippen LogP contribution in [0.15, 0.2) is 9.59 Å². The second-order valence-corrected chi connectivity index (χ2v) is 8.97. The van der Waals surface area contributed by atoms with Gasteiger partial charge >= 0.3 is 5.69 Å². The van der Waals surface area contributed by atoms with Gasteiger partial charge in [-0.2, -0.15) is 0 Å². The van der Waals surface area contributed by atoms with Gasteiger partial charge in [-0.15, -0.1) is 0 Å². The Kier molecular flexibility index (Phi) is 4.56. The van der Waals surface area contributed by atoms with E-state index >= 15 is 4.39 Å². The van der Waals surface area contributed by atoms with E-state index in [0.717, 1.165) is 19.3 Å². The molecule has 1 aromatic rings. The van der Waals surface area contributed by atoms with E-state index in [4.69, 9.17) is 5.73 Å². The molecule has 1 aromatic heterocycles. The number of halogens is 1. The summed E-state index contributed by atoms with van der Waals surface area (Å²) >= 11 is 0. The summed E-state index contributed by atoms with van der Waals surface area (Å²) in [7, 11) is 0. The minimum atomic E-state index is -1.22. The maximum absolute atomic E-state index is 15.6. The highest BCUT2D eigenvalue weighted by atomic mass is 19.1. The average Bonchev–Trinajstić information content (AvgIpc) is 3.31. The fraction of sp³-hybridized carbons (Fsp3) is 0.789. The van der Waals surface area contributed by atoms with E-state index in [1.54, 1.807) is 18.4 Å². The van der Waals surface area contributed by atoms with Gasteiger partial charge in [-0.1, -0.05) is 13.8 Å². The molecule has 4 unspecified atom stereocenters. The third kappa shape index (κ3) is 2.98. The number of aromatic amines is 1. The van der Waals surface area contributed by atoms with Crippen molar-refractivity contribution in [2.75, 3.05) is 19.7 Å². The summed E-state index contributed by atoms with van der Waals surface area (Å²) in [6.07, 6.45) is 1.79. The summed E-state index contributed by atoms with van der Waals surface area (Å²) in [6.45, 7) is 4.78. The van der Waals surface area contributed by atoms with Crippen molar-refractivity contribution >= 4 is 0 Å². The Morgan fingerprint density at radius 1 is 1.33 bits per heavy atom. The third-order valence-corrected chi connectivity index (χ3v) is 6.77. The smallest absolute Gasteiger partial charge is 0.328 e. The summed E-state index contributed by atoms with van der Waals surface area (Å²) < 4.78 is 17.3. The highest BCUT2D eigenvalue weighted by Crippen LogP contribution is 2.43. The number of likely N-dealkylation sites (tertiary alicyclic amines) is 1. The van der Waals surface area contributed by atoms with Crippen molar-refractivity contribution in [1.29, 1.82) is 0 Å². The van der Waals surface area contributed by atoms with E-state index in [-0.39, 0.29) is 30.3 Å². The van der Waals surface area contributed by atoms with E-state index in [1.165, 1.54) is 0 Å². The lowest BCUT2D eigenvalue weighted by molar-refractivity contribution is 0.0632. The lowest BCUT2D eigenvalue weighted by Crippen LogP contribution is -2.57. The molecule has 27 heavy (non-hydrogen) atoms. The molecule has 7 nitrogen and oxygen atoms in total. The number of nitrogens with two attached hydrogens (primary N) is 1. The van der Waals surface area contributed by atoms with Crippen molar-refractivity contribution in [3.8, 4) is 0 Å². The quantitative estimate of drug-likeness (QED) is 0.685. The Morgan fingerprint density at radius 2 is 2.04 bits per heavy atom. The van der Waals surface area contributed by atoms with Gasteiger partial charge in [0.1, 0.15) is 6.17 Å². The van der Waals surface area contributed by atoms with Crippen LogP contribution in [0, 0.1) is 5.92 Å². The summed E-state index contributed by atoms with van der Waals surface area (Å²) in [5.41, 5.74) is 5.28. The van der Waals surface area contributed by atoms with E-state index in [0.29, 0.717) is 30.8 Å². The van der Waals surface area contributed by atoms with Gasteiger partial charge in [0.15, 0.2) is 0 Å². The number of alkyl halides is 1. The van der Waals surface area contributed by atoms with Gasteiger partial charge in [-0.3, -0.25) is 19.2 Å². The minimum Gasteiger partial charge on any atom is -0.395 e. The van der Waals surface area contributed by atoms with Gasteiger partial charge in [0.25, 0.3) is 5.56 Å². The second-order valence-electron chi connectivity index (χ2n) is 8.97. The zero-order valence-electron chi connectivity index (χ0n) is 15.9. The molecule has 0 spiro atoms. The molecular formula is C19H29FN4O3. The molecule has 1 saturated heterocycles. The number of hydrogen-bond acceptors (Lipinski definition) is 5. The van der Waals surface area contributed by atoms with Crippen LogP contribution in [0.25, 0.3) is 0 Å². The Morgan fingerprint density at radius 3 is 2.67 bits per heavy atom. The molecule has 150 valence electrons. The summed E-state index contributed by atoms with van der Waals surface area (Å²) in [6, 6.07) is -0.580. The van der Waals surface area contributed by atoms with Crippen molar-refractivity contribution in [3.63, 3.8) is 0 Å². The molecule has 4 atom stereocenters. The molecule has 0 radical (unpaired) electrons. The first-order chi connectivity index (χ1) is 12.8.